The second-order valence-corrected chi connectivity index (χ2v) is 4.40. The third-order valence-corrected chi connectivity index (χ3v) is 3.24. The van der Waals surface area contributed by atoms with Crippen molar-refractivity contribution in [1.29, 1.82) is 0 Å². The smallest absolute Gasteiger partial charge is 0.123 e. The number of ether oxygens (including phenoxy) is 1. The fraction of sp³-hybridized carbons (Fsp3) is 0.571. The zero-order chi connectivity index (χ0) is 12.1. The summed E-state index contributed by atoms with van der Waals surface area (Å²) < 4.78 is 5.44. The molecule has 1 rings (SSSR count). The van der Waals surface area contributed by atoms with Gasteiger partial charge in [-0.3, -0.25) is 0 Å². The van der Waals surface area contributed by atoms with Crippen LogP contribution in [-0.4, -0.2) is 14.2 Å². The van der Waals surface area contributed by atoms with Crippen molar-refractivity contribution in [2.75, 3.05) is 14.2 Å². The highest BCUT2D eigenvalue weighted by atomic mass is 16.5. The Morgan fingerprint density at radius 3 is 2.56 bits per heavy atom. The first-order valence-electron chi connectivity index (χ1n) is 5.95. The molecule has 2 heteroatoms. The lowest BCUT2D eigenvalue weighted by atomic mass is 9.91. The van der Waals surface area contributed by atoms with Crippen molar-refractivity contribution < 1.29 is 4.74 Å². The highest BCUT2D eigenvalue weighted by Crippen LogP contribution is 2.31. The minimum absolute atomic E-state index is 0.361. The van der Waals surface area contributed by atoms with Gasteiger partial charge in [-0.25, -0.2) is 0 Å². The third-order valence-electron chi connectivity index (χ3n) is 3.24. The van der Waals surface area contributed by atoms with E-state index in [9.17, 15) is 0 Å². The van der Waals surface area contributed by atoms with Crippen molar-refractivity contribution in [2.24, 2.45) is 5.92 Å². The summed E-state index contributed by atoms with van der Waals surface area (Å²) in [5.41, 5.74) is 2.54. The van der Waals surface area contributed by atoms with Gasteiger partial charge in [0.1, 0.15) is 5.75 Å². The van der Waals surface area contributed by atoms with Crippen LogP contribution < -0.4 is 10.1 Å². The second kappa shape index (κ2) is 5.90. The van der Waals surface area contributed by atoms with Gasteiger partial charge in [-0.2, -0.15) is 0 Å². The number of hydrogen-bond donors (Lipinski definition) is 1. The molecule has 0 aliphatic heterocycles. The molecule has 0 saturated heterocycles. The van der Waals surface area contributed by atoms with E-state index in [-0.39, 0.29) is 0 Å². The number of hydrogen-bond acceptors (Lipinski definition) is 2. The lowest BCUT2D eigenvalue weighted by Crippen LogP contribution is -2.23. The molecule has 0 aliphatic rings. The average molecular weight is 221 g/mol. The summed E-state index contributed by atoms with van der Waals surface area (Å²) in [7, 11) is 3.75. The number of methoxy groups -OCH3 is 1. The van der Waals surface area contributed by atoms with E-state index in [0.29, 0.717) is 12.0 Å². The molecule has 0 radical (unpaired) electrons. The molecule has 2 atom stereocenters. The lowest BCUT2D eigenvalue weighted by Gasteiger charge is -2.25. The number of nitrogens with one attached hydrogen (secondary N) is 1. The van der Waals surface area contributed by atoms with Crippen LogP contribution in [-0.2, 0) is 0 Å². The van der Waals surface area contributed by atoms with Gasteiger partial charge in [0.2, 0.25) is 0 Å². The topological polar surface area (TPSA) is 21.3 Å². The van der Waals surface area contributed by atoms with Gasteiger partial charge in [-0.1, -0.05) is 38.0 Å². The normalized spacial score (nSPS) is 14.6. The van der Waals surface area contributed by atoms with Crippen LogP contribution in [0.5, 0.6) is 5.75 Å². The Bertz CT molecular complexity index is 336. The van der Waals surface area contributed by atoms with E-state index in [1.165, 1.54) is 11.1 Å². The van der Waals surface area contributed by atoms with Crippen molar-refractivity contribution in [1.82, 2.24) is 5.32 Å². The summed E-state index contributed by atoms with van der Waals surface area (Å²) in [6.45, 7) is 6.60. The Hall–Kier alpha value is -1.02. The van der Waals surface area contributed by atoms with Gasteiger partial charge in [0.25, 0.3) is 0 Å². The van der Waals surface area contributed by atoms with E-state index in [2.05, 4.69) is 44.3 Å². The summed E-state index contributed by atoms with van der Waals surface area (Å²) in [5, 5.41) is 3.39. The zero-order valence-corrected chi connectivity index (χ0v) is 11.0. The maximum Gasteiger partial charge on any atom is 0.123 e. The fourth-order valence-electron chi connectivity index (χ4n) is 2.08. The maximum atomic E-state index is 5.44. The first kappa shape index (κ1) is 13.0. The molecule has 1 aromatic carbocycles. The number of rotatable bonds is 5. The molecule has 1 N–H and O–H groups in total. The maximum absolute atomic E-state index is 5.44. The SMILES string of the molecule is CCC(C)C(NC)c1cc(C)ccc1OC. The minimum Gasteiger partial charge on any atom is -0.496 e. The summed E-state index contributed by atoms with van der Waals surface area (Å²) in [6.07, 6.45) is 1.16. The summed E-state index contributed by atoms with van der Waals surface area (Å²) >= 11 is 0. The number of aryl methyl sites for hydroxylation is 1. The highest BCUT2D eigenvalue weighted by Gasteiger charge is 2.19. The predicted octanol–water partition coefficient (Wildman–Crippen LogP) is 3.31. The molecular weight excluding hydrogens is 198 g/mol. The monoisotopic (exact) mass is 221 g/mol. The molecular formula is C14H23NO. The molecule has 0 saturated carbocycles. The van der Waals surface area contributed by atoms with Crippen LogP contribution >= 0.6 is 0 Å². The van der Waals surface area contributed by atoms with Gasteiger partial charge in [0, 0.05) is 11.6 Å². The van der Waals surface area contributed by atoms with E-state index in [0.717, 1.165) is 12.2 Å². The Kier molecular flexibility index (Phi) is 4.81. The van der Waals surface area contributed by atoms with Crippen LogP contribution in [0.1, 0.15) is 37.4 Å². The van der Waals surface area contributed by atoms with Gasteiger partial charge in [0.15, 0.2) is 0 Å². The molecule has 1 aromatic rings. The van der Waals surface area contributed by atoms with Crippen LogP contribution in [0.4, 0.5) is 0 Å². The van der Waals surface area contributed by atoms with Crippen LogP contribution in [0.3, 0.4) is 0 Å². The predicted molar refractivity (Wildman–Crippen MR) is 69.0 cm³/mol. The molecule has 0 fully saturated rings. The second-order valence-electron chi connectivity index (χ2n) is 4.40. The third kappa shape index (κ3) is 2.76. The first-order chi connectivity index (χ1) is 7.63. The van der Waals surface area contributed by atoms with Crippen molar-refractivity contribution >= 4 is 0 Å². The average Bonchev–Trinajstić information content (AvgIpc) is 2.30. The summed E-state index contributed by atoms with van der Waals surface area (Å²) in [5.74, 6) is 1.57. The standard InChI is InChI=1S/C14H23NO/c1-6-11(3)14(15-4)12-9-10(2)7-8-13(12)16-5/h7-9,11,14-15H,6H2,1-5H3. The fourth-order valence-corrected chi connectivity index (χ4v) is 2.08. The van der Waals surface area contributed by atoms with Crippen molar-refractivity contribution in [3.63, 3.8) is 0 Å². The molecule has 0 aliphatic carbocycles. The molecule has 2 nitrogen and oxygen atoms in total. The Balaban J connectivity index is 3.11. The van der Waals surface area contributed by atoms with Gasteiger partial charge in [-0.15, -0.1) is 0 Å². The Morgan fingerprint density at radius 2 is 2.06 bits per heavy atom. The van der Waals surface area contributed by atoms with Gasteiger partial charge >= 0.3 is 0 Å². The molecule has 90 valence electrons. The molecule has 0 heterocycles. The van der Waals surface area contributed by atoms with E-state index in [4.69, 9.17) is 4.74 Å². The molecule has 2 unspecified atom stereocenters. The van der Waals surface area contributed by atoms with E-state index in [1.807, 2.05) is 7.05 Å². The summed E-state index contributed by atoms with van der Waals surface area (Å²) in [4.78, 5) is 0. The zero-order valence-electron chi connectivity index (χ0n) is 11.0. The van der Waals surface area contributed by atoms with Crippen molar-refractivity contribution in [3.8, 4) is 5.75 Å². The van der Waals surface area contributed by atoms with Gasteiger partial charge in [0.05, 0.1) is 7.11 Å². The van der Waals surface area contributed by atoms with Crippen LogP contribution in [0.25, 0.3) is 0 Å². The molecule has 0 bridgehead atoms. The van der Waals surface area contributed by atoms with Crippen molar-refractivity contribution in [2.45, 2.75) is 33.2 Å². The van der Waals surface area contributed by atoms with E-state index >= 15 is 0 Å². The van der Waals surface area contributed by atoms with Gasteiger partial charge in [-0.05, 0) is 26.0 Å². The van der Waals surface area contributed by atoms with Crippen LogP contribution in [0.2, 0.25) is 0 Å². The highest BCUT2D eigenvalue weighted by molar-refractivity contribution is 5.39. The molecule has 0 amide bonds. The number of benzene rings is 1. The minimum atomic E-state index is 0.361. The molecule has 0 aromatic heterocycles. The lowest BCUT2D eigenvalue weighted by molar-refractivity contribution is 0.365. The Labute approximate surface area is 99.0 Å². The van der Waals surface area contributed by atoms with Crippen molar-refractivity contribution in [3.05, 3.63) is 29.3 Å². The molecule has 0 spiro atoms. The van der Waals surface area contributed by atoms with Crippen LogP contribution in [0, 0.1) is 12.8 Å². The molecule has 16 heavy (non-hydrogen) atoms. The first-order valence-corrected chi connectivity index (χ1v) is 5.95. The summed E-state index contributed by atoms with van der Waals surface area (Å²) in [6, 6.07) is 6.72. The van der Waals surface area contributed by atoms with E-state index in [1.54, 1.807) is 7.11 Å². The Morgan fingerprint density at radius 1 is 1.38 bits per heavy atom. The quantitative estimate of drug-likeness (QED) is 0.823. The largest absolute Gasteiger partial charge is 0.496 e. The van der Waals surface area contributed by atoms with Crippen LogP contribution in [0.15, 0.2) is 18.2 Å². The van der Waals surface area contributed by atoms with Gasteiger partial charge < -0.3 is 10.1 Å². The van der Waals surface area contributed by atoms with E-state index < -0.39 is 0 Å².